The van der Waals surface area contributed by atoms with Gasteiger partial charge < -0.3 is 15.2 Å². The maximum absolute atomic E-state index is 11.6. The Morgan fingerprint density at radius 2 is 1.77 bits per heavy atom. The van der Waals surface area contributed by atoms with E-state index < -0.39 is 11.8 Å². The molecule has 0 aliphatic carbocycles. The molecule has 1 aromatic carbocycles. The molecular formula is C16H20N4O2. The highest BCUT2D eigenvalue weighted by molar-refractivity contribution is 6.35. The topological polar surface area (TPSA) is 76.0 Å². The zero-order chi connectivity index (χ0) is 15.6. The molecule has 22 heavy (non-hydrogen) atoms. The summed E-state index contributed by atoms with van der Waals surface area (Å²) < 4.78 is 1.92. The van der Waals surface area contributed by atoms with Crippen molar-refractivity contribution in [2.24, 2.45) is 0 Å². The fraction of sp³-hybridized carbons (Fsp3) is 0.312. The van der Waals surface area contributed by atoms with Gasteiger partial charge in [0, 0.05) is 32.0 Å². The van der Waals surface area contributed by atoms with Crippen LogP contribution in [0.3, 0.4) is 0 Å². The average molecular weight is 300 g/mol. The standard InChI is InChI=1S/C16H20N4O2/c21-15(18-8-4-11-20-12-10-17-13-20)16(22)19-9-7-14-5-2-1-3-6-14/h1-3,5-6,10,12-13H,4,7-9,11H2,(H,18,21)(H,19,22). The molecule has 0 saturated heterocycles. The van der Waals surface area contributed by atoms with Crippen molar-refractivity contribution in [2.45, 2.75) is 19.4 Å². The van der Waals surface area contributed by atoms with Crippen LogP contribution < -0.4 is 10.6 Å². The zero-order valence-corrected chi connectivity index (χ0v) is 12.4. The van der Waals surface area contributed by atoms with Crippen molar-refractivity contribution < 1.29 is 9.59 Å². The molecule has 0 aliphatic heterocycles. The van der Waals surface area contributed by atoms with Gasteiger partial charge in [-0.1, -0.05) is 30.3 Å². The Labute approximate surface area is 129 Å². The number of hydrogen-bond donors (Lipinski definition) is 2. The first kappa shape index (κ1) is 15.8. The molecular weight excluding hydrogens is 280 g/mol. The van der Waals surface area contributed by atoms with E-state index in [4.69, 9.17) is 0 Å². The van der Waals surface area contributed by atoms with Crippen molar-refractivity contribution in [3.05, 3.63) is 54.6 Å². The molecule has 0 spiro atoms. The number of carbonyl (C=O) groups excluding carboxylic acids is 2. The van der Waals surface area contributed by atoms with Crippen LogP contribution in [0.15, 0.2) is 49.1 Å². The van der Waals surface area contributed by atoms with Crippen LogP contribution in [0.2, 0.25) is 0 Å². The number of hydrogen-bond acceptors (Lipinski definition) is 3. The third-order valence-corrected chi connectivity index (χ3v) is 3.19. The molecule has 2 amide bonds. The molecule has 0 bridgehead atoms. The largest absolute Gasteiger partial charge is 0.348 e. The molecule has 2 rings (SSSR count). The van der Waals surface area contributed by atoms with Gasteiger partial charge in [0.25, 0.3) is 0 Å². The van der Waals surface area contributed by atoms with E-state index in [9.17, 15) is 9.59 Å². The molecule has 0 saturated carbocycles. The molecule has 116 valence electrons. The van der Waals surface area contributed by atoms with E-state index in [0.717, 1.165) is 18.5 Å². The third-order valence-electron chi connectivity index (χ3n) is 3.19. The molecule has 0 radical (unpaired) electrons. The summed E-state index contributed by atoms with van der Waals surface area (Å²) in [5.74, 6) is -1.17. The van der Waals surface area contributed by atoms with Crippen LogP contribution in [0.5, 0.6) is 0 Å². The van der Waals surface area contributed by atoms with Crippen LogP contribution in [0.25, 0.3) is 0 Å². The van der Waals surface area contributed by atoms with Crippen molar-refractivity contribution in [3.8, 4) is 0 Å². The minimum absolute atomic E-state index is 0.450. The molecule has 2 aromatic rings. The monoisotopic (exact) mass is 300 g/mol. The maximum Gasteiger partial charge on any atom is 0.309 e. The molecule has 2 N–H and O–H groups in total. The molecule has 6 nitrogen and oxygen atoms in total. The normalized spacial score (nSPS) is 10.2. The second-order valence-corrected chi connectivity index (χ2v) is 4.90. The van der Waals surface area contributed by atoms with Gasteiger partial charge in [0.2, 0.25) is 0 Å². The number of nitrogens with one attached hydrogen (secondary N) is 2. The lowest BCUT2D eigenvalue weighted by atomic mass is 10.1. The lowest BCUT2D eigenvalue weighted by Gasteiger charge is -2.07. The van der Waals surface area contributed by atoms with E-state index in [0.29, 0.717) is 19.5 Å². The molecule has 1 heterocycles. The van der Waals surface area contributed by atoms with E-state index in [2.05, 4.69) is 15.6 Å². The molecule has 0 fully saturated rings. The highest BCUT2D eigenvalue weighted by atomic mass is 16.2. The number of benzene rings is 1. The number of amides is 2. The average Bonchev–Trinajstić information content (AvgIpc) is 3.05. The quantitative estimate of drug-likeness (QED) is 0.585. The van der Waals surface area contributed by atoms with Crippen LogP contribution in [0.4, 0.5) is 0 Å². The van der Waals surface area contributed by atoms with Gasteiger partial charge in [0.15, 0.2) is 0 Å². The van der Waals surface area contributed by atoms with Crippen LogP contribution in [-0.2, 0) is 22.6 Å². The third kappa shape index (κ3) is 5.40. The Bertz CT molecular complexity index is 581. The number of imidazole rings is 1. The summed E-state index contributed by atoms with van der Waals surface area (Å²) >= 11 is 0. The maximum atomic E-state index is 11.6. The first-order valence-corrected chi connectivity index (χ1v) is 7.31. The first-order chi connectivity index (χ1) is 10.8. The van der Waals surface area contributed by atoms with Gasteiger partial charge in [-0.25, -0.2) is 4.98 Å². The fourth-order valence-electron chi connectivity index (χ4n) is 2.01. The Hall–Kier alpha value is -2.63. The van der Waals surface area contributed by atoms with Crippen LogP contribution in [-0.4, -0.2) is 34.5 Å². The minimum Gasteiger partial charge on any atom is -0.348 e. The Kier molecular flexibility index (Phi) is 6.17. The lowest BCUT2D eigenvalue weighted by molar-refractivity contribution is -0.139. The van der Waals surface area contributed by atoms with Gasteiger partial charge in [0.1, 0.15) is 0 Å². The number of aryl methyl sites for hydroxylation is 1. The summed E-state index contributed by atoms with van der Waals surface area (Å²) in [7, 11) is 0. The predicted molar refractivity (Wildman–Crippen MR) is 83.0 cm³/mol. The molecule has 0 aliphatic rings. The van der Waals surface area contributed by atoms with E-state index in [1.165, 1.54) is 0 Å². The van der Waals surface area contributed by atoms with Crippen LogP contribution in [0, 0.1) is 0 Å². The lowest BCUT2D eigenvalue weighted by Crippen LogP contribution is -2.41. The van der Waals surface area contributed by atoms with Crippen molar-refractivity contribution in [1.29, 1.82) is 0 Å². The second-order valence-electron chi connectivity index (χ2n) is 4.90. The van der Waals surface area contributed by atoms with Crippen LogP contribution >= 0.6 is 0 Å². The summed E-state index contributed by atoms with van der Waals surface area (Å²) in [6.45, 7) is 1.67. The van der Waals surface area contributed by atoms with E-state index in [1.54, 1.807) is 12.5 Å². The summed E-state index contributed by atoms with van der Waals surface area (Å²) in [6, 6.07) is 9.82. The van der Waals surface area contributed by atoms with E-state index >= 15 is 0 Å². The number of rotatable bonds is 7. The van der Waals surface area contributed by atoms with Crippen molar-refractivity contribution in [1.82, 2.24) is 20.2 Å². The van der Waals surface area contributed by atoms with Gasteiger partial charge in [0.05, 0.1) is 6.33 Å². The number of carbonyl (C=O) groups is 2. The van der Waals surface area contributed by atoms with Gasteiger partial charge in [-0.15, -0.1) is 0 Å². The fourth-order valence-corrected chi connectivity index (χ4v) is 2.01. The first-order valence-electron chi connectivity index (χ1n) is 7.31. The van der Waals surface area contributed by atoms with Gasteiger partial charge in [-0.05, 0) is 18.4 Å². The van der Waals surface area contributed by atoms with Gasteiger partial charge in [-0.2, -0.15) is 0 Å². The highest BCUT2D eigenvalue weighted by Crippen LogP contribution is 1.98. The minimum atomic E-state index is -0.585. The summed E-state index contributed by atoms with van der Waals surface area (Å²) in [5.41, 5.74) is 1.13. The number of nitrogens with zero attached hydrogens (tertiary/aromatic N) is 2. The van der Waals surface area contributed by atoms with E-state index in [1.807, 2.05) is 41.1 Å². The van der Waals surface area contributed by atoms with Gasteiger partial charge >= 0.3 is 11.8 Å². The SMILES string of the molecule is O=C(NCCCn1ccnc1)C(=O)NCCc1ccccc1. The molecule has 0 unspecified atom stereocenters. The van der Waals surface area contributed by atoms with Crippen LogP contribution in [0.1, 0.15) is 12.0 Å². The molecule has 6 heteroatoms. The van der Waals surface area contributed by atoms with Crippen molar-refractivity contribution >= 4 is 11.8 Å². The summed E-state index contributed by atoms with van der Waals surface area (Å²) in [4.78, 5) is 27.2. The smallest absolute Gasteiger partial charge is 0.309 e. The molecule has 0 atom stereocenters. The Morgan fingerprint density at radius 3 is 2.45 bits per heavy atom. The second kappa shape index (κ2) is 8.61. The highest BCUT2D eigenvalue weighted by Gasteiger charge is 2.11. The van der Waals surface area contributed by atoms with E-state index in [-0.39, 0.29) is 0 Å². The predicted octanol–water partition coefficient (Wildman–Crippen LogP) is 0.748. The number of aromatic nitrogens is 2. The zero-order valence-electron chi connectivity index (χ0n) is 12.4. The van der Waals surface area contributed by atoms with Crippen molar-refractivity contribution in [2.75, 3.05) is 13.1 Å². The summed E-state index contributed by atoms with van der Waals surface area (Å²) in [5, 5.41) is 5.23. The Morgan fingerprint density at radius 1 is 1.05 bits per heavy atom. The van der Waals surface area contributed by atoms with Gasteiger partial charge in [-0.3, -0.25) is 9.59 Å². The van der Waals surface area contributed by atoms with Crippen molar-refractivity contribution in [3.63, 3.8) is 0 Å². The summed E-state index contributed by atoms with van der Waals surface area (Å²) in [6.07, 6.45) is 6.74. The Balaban J connectivity index is 1.57. The molecule has 1 aromatic heterocycles.